The lowest BCUT2D eigenvalue weighted by molar-refractivity contribution is -0.130. The fourth-order valence-electron chi connectivity index (χ4n) is 1.99. The number of carbonyl (C=O) groups is 1. The van der Waals surface area contributed by atoms with E-state index >= 15 is 0 Å². The van der Waals surface area contributed by atoms with Gasteiger partial charge in [-0.3, -0.25) is 14.7 Å². The topological polar surface area (TPSA) is 36.4 Å². The van der Waals surface area contributed by atoms with E-state index in [0.717, 1.165) is 32.7 Å². The molecule has 17 heavy (non-hydrogen) atoms. The van der Waals surface area contributed by atoms with Crippen molar-refractivity contribution in [3.8, 4) is 0 Å². The molecule has 0 spiro atoms. The van der Waals surface area contributed by atoms with Crippen LogP contribution in [0.15, 0.2) is 24.5 Å². The number of hydrogen-bond donors (Lipinski definition) is 0. The van der Waals surface area contributed by atoms with Gasteiger partial charge in [-0.25, -0.2) is 0 Å². The van der Waals surface area contributed by atoms with Gasteiger partial charge in [-0.2, -0.15) is 0 Å². The minimum Gasteiger partial charge on any atom is -0.339 e. The molecule has 1 aromatic rings. The van der Waals surface area contributed by atoms with Crippen molar-refractivity contribution in [2.45, 2.75) is 6.54 Å². The molecule has 0 radical (unpaired) electrons. The van der Waals surface area contributed by atoms with Crippen LogP contribution in [0.5, 0.6) is 0 Å². The highest BCUT2D eigenvalue weighted by Crippen LogP contribution is 2.08. The summed E-state index contributed by atoms with van der Waals surface area (Å²) < 4.78 is 0. The molecule has 1 aliphatic heterocycles. The highest BCUT2D eigenvalue weighted by molar-refractivity contribution is 9.09. The molecule has 0 aliphatic carbocycles. The number of carbonyl (C=O) groups excluding carboxylic acids is 1. The predicted molar refractivity (Wildman–Crippen MR) is 69.9 cm³/mol. The smallest absolute Gasteiger partial charge is 0.233 e. The van der Waals surface area contributed by atoms with Crippen molar-refractivity contribution in [3.05, 3.63) is 30.1 Å². The number of nitrogens with zero attached hydrogens (tertiary/aromatic N) is 3. The summed E-state index contributed by atoms with van der Waals surface area (Å²) in [6.07, 6.45) is 3.69. The minimum absolute atomic E-state index is 0.186. The molecular formula is C12H16BrN3O. The third-order valence-corrected chi connectivity index (χ3v) is 3.45. The van der Waals surface area contributed by atoms with E-state index in [0.29, 0.717) is 5.33 Å². The summed E-state index contributed by atoms with van der Waals surface area (Å²) in [6, 6.07) is 4.04. The first-order valence-electron chi connectivity index (χ1n) is 5.74. The van der Waals surface area contributed by atoms with Crippen molar-refractivity contribution in [2.24, 2.45) is 0 Å². The summed E-state index contributed by atoms with van der Waals surface area (Å²) in [4.78, 5) is 19.9. The first-order valence-corrected chi connectivity index (χ1v) is 6.87. The maximum Gasteiger partial charge on any atom is 0.233 e. The molecule has 0 bridgehead atoms. The Kier molecular flexibility index (Phi) is 4.50. The van der Waals surface area contributed by atoms with Crippen LogP contribution in [0.2, 0.25) is 0 Å². The average Bonchev–Trinajstić information content (AvgIpc) is 2.40. The Morgan fingerprint density at radius 1 is 1.35 bits per heavy atom. The number of alkyl halides is 1. The number of piperazine rings is 1. The van der Waals surface area contributed by atoms with Crippen LogP contribution in [0.25, 0.3) is 0 Å². The van der Waals surface area contributed by atoms with Gasteiger partial charge in [0, 0.05) is 45.1 Å². The van der Waals surface area contributed by atoms with Gasteiger partial charge in [-0.15, -0.1) is 0 Å². The molecule has 0 unspecified atom stereocenters. The van der Waals surface area contributed by atoms with Gasteiger partial charge in [0.25, 0.3) is 0 Å². The van der Waals surface area contributed by atoms with Crippen molar-refractivity contribution < 1.29 is 4.79 Å². The molecule has 1 fully saturated rings. The van der Waals surface area contributed by atoms with E-state index in [1.165, 1.54) is 5.56 Å². The average molecular weight is 298 g/mol. The summed E-state index contributed by atoms with van der Waals surface area (Å²) in [5.41, 5.74) is 1.23. The predicted octanol–water partition coefficient (Wildman–Crippen LogP) is 1.12. The van der Waals surface area contributed by atoms with E-state index in [1.54, 1.807) is 6.20 Å². The zero-order chi connectivity index (χ0) is 12.1. The van der Waals surface area contributed by atoms with Crippen molar-refractivity contribution in [1.82, 2.24) is 14.8 Å². The van der Waals surface area contributed by atoms with Gasteiger partial charge >= 0.3 is 0 Å². The Balaban J connectivity index is 1.82. The van der Waals surface area contributed by atoms with E-state index in [2.05, 4.69) is 31.9 Å². The lowest BCUT2D eigenvalue weighted by Crippen LogP contribution is -2.48. The van der Waals surface area contributed by atoms with Crippen LogP contribution in [0.4, 0.5) is 0 Å². The molecule has 0 aromatic carbocycles. The van der Waals surface area contributed by atoms with Gasteiger partial charge in [0.1, 0.15) is 0 Å². The molecule has 5 heteroatoms. The molecule has 1 saturated heterocycles. The number of rotatable bonds is 3. The summed E-state index contributed by atoms with van der Waals surface area (Å²) in [7, 11) is 0. The van der Waals surface area contributed by atoms with Crippen molar-refractivity contribution in [3.63, 3.8) is 0 Å². The monoisotopic (exact) mass is 297 g/mol. The Hall–Kier alpha value is -0.940. The Morgan fingerprint density at radius 2 is 2.12 bits per heavy atom. The van der Waals surface area contributed by atoms with Crippen molar-refractivity contribution in [2.75, 3.05) is 31.5 Å². The molecule has 92 valence electrons. The molecule has 0 saturated carbocycles. The van der Waals surface area contributed by atoms with E-state index < -0.39 is 0 Å². The van der Waals surface area contributed by atoms with Crippen molar-refractivity contribution >= 4 is 21.8 Å². The Labute approximate surface area is 110 Å². The molecule has 0 atom stereocenters. The van der Waals surface area contributed by atoms with E-state index in [-0.39, 0.29) is 5.91 Å². The first-order chi connectivity index (χ1) is 8.29. The third-order valence-electron chi connectivity index (χ3n) is 2.97. The summed E-state index contributed by atoms with van der Waals surface area (Å²) >= 11 is 3.21. The fourth-order valence-corrected chi connectivity index (χ4v) is 2.34. The zero-order valence-corrected chi connectivity index (χ0v) is 11.3. The van der Waals surface area contributed by atoms with Crippen LogP contribution in [-0.2, 0) is 11.3 Å². The van der Waals surface area contributed by atoms with Gasteiger partial charge in [-0.1, -0.05) is 22.0 Å². The lowest BCUT2D eigenvalue weighted by Gasteiger charge is -2.34. The molecular weight excluding hydrogens is 282 g/mol. The summed E-state index contributed by atoms with van der Waals surface area (Å²) in [5, 5.41) is 0.426. The molecule has 1 aromatic heterocycles. The van der Waals surface area contributed by atoms with E-state index in [1.807, 2.05) is 17.2 Å². The molecule has 1 aliphatic rings. The van der Waals surface area contributed by atoms with E-state index in [4.69, 9.17) is 0 Å². The van der Waals surface area contributed by atoms with E-state index in [9.17, 15) is 4.79 Å². The Bertz CT molecular complexity index is 363. The van der Waals surface area contributed by atoms with Crippen LogP contribution in [0.1, 0.15) is 5.56 Å². The summed E-state index contributed by atoms with van der Waals surface area (Å²) in [6.45, 7) is 4.45. The minimum atomic E-state index is 0.186. The highest BCUT2D eigenvalue weighted by Gasteiger charge is 2.19. The van der Waals surface area contributed by atoms with Gasteiger partial charge in [0.2, 0.25) is 5.91 Å². The molecule has 2 rings (SSSR count). The molecule has 0 N–H and O–H groups in total. The number of aromatic nitrogens is 1. The van der Waals surface area contributed by atoms with Gasteiger partial charge in [0.15, 0.2) is 0 Å². The largest absolute Gasteiger partial charge is 0.339 e. The number of pyridine rings is 1. The third kappa shape index (κ3) is 3.51. The fraction of sp³-hybridized carbons (Fsp3) is 0.500. The van der Waals surface area contributed by atoms with Crippen LogP contribution in [0, 0.1) is 0 Å². The Morgan fingerprint density at radius 3 is 2.71 bits per heavy atom. The number of halogens is 1. The number of hydrogen-bond acceptors (Lipinski definition) is 3. The summed E-state index contributed by atoms with van der Waals surface area (Å²) in [5.74, 6) is 0.186. The standard InChI is InChI=1S/C12H16BrN3O/c13-8-12(17)16-6-4-15(5-7-16)10-11-2-1-3-14-9-11/h1-3,9H,4-8,10H2. The maximum absolute atomic E-state index is 11.5. The highest BCUT2D eigenvalue weighted by atomic mass is 79.9. The normalized spacial score (nSPS) is 17.1. The van der Waals surface area contributed by atoms with Gasteiger partial charge in [0.05, 0.1) is 5.33 Å². The van der Waals surface area contributed by atoms with Crippen LogP contribution >= 0.6 is 15.9 Å². The SMILES string of the molecule is O=C(CBr)N1CCN(Cc2cccnc2)CC1. The second-order valence-corrected chi connectivity index (χ2v) is 4.71. The lowest BCUT2D eigenvalue weighted by atomic mass is 10.2. The van der Waals surface area contributed by atoms with Crippen molar-refractivity contribution in [1.29, 1.82) is 0 Å². The van der Waals surface area contributed by atoms with Crippen LogP contribution in [-0.4, -0.2) is 52.2 Å². The van der Waals surface area contributed by atoms with Gasteiger partial charge < -0.3 is 4.90 Å². The maximum atomic E-state index is 11.5. The van der Waals surface area contributed by atoms with Gasteiger partial charge in [-0.05, 0) is 11.6 Å². The second kappa shape index (κ2) is 6.12. The van der Waals surface area contributed by atoms with Crippen LogP contribution in [0.3, 0.4) is 0 Å². The van der Waals surface area contributed by atoms with Crippen LogP contribution < -0.4 is 0 Å². The molecule has 4 nitrogen and oxygen atoms in total. The number of amides is 1. The second-order valence-electron chi connectivity index (χ2n) is 4.15. The molecule has 2 heterocycles. The zero-order valence-electron chi connectivity index (χ0n) is 9.68. The molecule has 1 amide bonds. The first kappa shape index (κ1) is 12.5. The quantitative estimate of drug-likeness (QED) is 0.785.